The van der Waals surface area contributed by atoms with E-state index in [0.717, 1.165) is 59.9 Å². The van der Waals surface area contributed by atoms with Crippen molar-refractivity contribution in [1.29, 1.82) is 0 Å². The predicted molar refractivity (Wildman–Crippen MR) is 174 cm³/mol. The van der Waals surface area contributed by atoms with Crippen LogP contribution in [0.15, 0.2) is 37.2 Å². The van der Waals surface area contributed by atoms with Crippen LogP contribution in [0.1, 0.15) is 26.7 Å². The molecule has 0 aliphatic carbocycles. The van der Waals surface area contributed by atoms with Gasteiger partial charge in [-0.15, -0.1) is 49.6 Å². The first kappa shape index (κ1) is 35.9. The molecule has 6 rings (SSSR count). The number of rotatable bonds is 4. The molecule has 4 atom stereocenters. The topological polar surface area (TPSA) is 114 Å². The van der Waals surface area contributed by atoms with Crippen LogP contribution < -0.4 is 20.4 Å². The van der Waals surface area contributed by atoms with Crippen LogP contribution in [-0.4, -0.2) is 82.3 Å². The highest BCUT2D eigenvalue weighted by Gasteiger charge is 2.27. The summed E-state index contributed by atoms with van der Waals surface area (Å²) in [6.45, 7) is 8.92. The normalized spacial score (nSPS) is 21.9. The second-order valence-corrected chi connectivity index (χ2v) is 10.2. The molecule has 0 saturated carbocycles. The second-order valence-electron chi connectivity index (χ2n) is 10.2. The number of likely N-dealkylation sites (N-methyl/N-ethyl adjacent to an activating group) is 2. The number of hydrogen-bond acceptors (Lipinski definition) is 8. The minimum atomic E-state index is 0. The number of aromatic amines is 2. The van der Waals surface area contributed by atoms with E-state index < -0.39 is 0 Å². The van der Waals surface area contributed by atoms with Crippen LogP contribution in [-0.2, 0) is 0 Å². The van der Waals surface area contributed by atoms with Gasteiger partial charge in [-0.2, -0.15) is 0 Å². The van der Waals surface area contributed by atoms with Crippen molar-refractivity contribution < 1.29 is 0 Å². The zero-order valence-electron chi connectivity index (χ0n) is 23.3. The highest BCUT2D eigenvalue weighted by atomic mass is 35.5. The van der Waals surface area contributed by atoms with E-state index in [1.807, 2.05) is 24.5 Å². The average molecular weight is 637 g/mol. The number of anilines is 2. The van der Waals surface area contributed by atoms with Gasteiger partial charge < -0.3 is 30.4 Å². The summed E-state index contributed by atoms with van der Waals surface area (Å²) in [6.07, 6.45) is 9.53. The molecule has 4 N–H and O–H groups in total. The third kappa shape index (κ3) is 7.60. The SMILES string of the molecule is C[C@@H]1CCNC[C@@H]1N(C)c1ncnc2[nH]ccc12.C[C@H]1CCNC[C@H]1N(C)c1ncnc2[nH]ccc12.Cl.Cl.Cl.Cl. The van der Waals surface area contributed by atoms with Gasteiger partial charge >= 0.3 is 0 Å². The Morgan fingerprint density at radius 1 is 0.650 bits per heavy atom. The maximum Gasteiger partial charge on any atom is 0.142 e. The van der Waals surface area contributed by atoms with Crippen LogP contribution in [0.25, 0.3) is 22.1 Å². The van der Waals surface area contributed by atoms with Crippen LogP contribution in [0, 0.1) is 11.8 Å². The van der Waals surface area contributed by atoms with E-state index >= 15 is 0 Å². The van der Waals surface area contributed by atoms with Gasteiger partial charge in [0.05, 0.1) is 10.8 Å². The van der Waals surface area contributed by atoms with E-state index in [-0.39, 0.29) is 49.6 Å². The molecule has 0 spiro atoms. The Morgan fingerprint density at radius 3 is 1.43 bits per heavy atom. The first-order valence-electron chi connectivity index (χ1n) is 13.0. The number of halogens is 4. The molecule has 40 heavy (non-hydrogen) atoms. The van der Waals surface area contributed by atoms with Crippen molar-refractivity contribution in [3.05, 3.63) is 37.2 Å². The third-order valence-electron chi connectivity index (χ3n) is 7.90. The number of H-pyrrole nitrogens is 2. The second kappa shape index (κ2) is 16.4. The molecular formula is C26H42Cl4N10. The van der Waals surface area contributed by atoms with Crippen LogP contribution in [0.3, 0.4) is 0 Å². The van der Waals surface area contributed by atoms with Gasteiger partial charge in [-0.3, -0.25) is 0 Å². The van der Waals surface area contributed by atoms with E-state index in [1.165, 1.54) is 12.8 Å². The molecule has 2 fully saturated rings. The molecule has 0 amide bonds. The van der Waals surface area contributed by atoms with Gasteiger partial charge in [0.15, 0.2) is 0 Å². The van der Waals surface area contributed by atoms with Crippen molar-refractivity contribution in [1.82, 2.24) is 40.5 Å². The quantitative estimate of drug-likeness (QED) is 0.260. The maximum absolute atomic E-state index is 4.46. The van der Waals surface area contributed by atoms with Crippen LogP contribution in [0.2, 0.25) is 0 Å². The lowest BCUT2D eigenvalue weighted by Gasteiger charge is -2.37. The fourth-order valence-electron chi connectivity index (χ4n) is 5.58. The van der Waals surface area contributed by atoms with Gasteiger partial charge in [0.2, 0.25) is 0 Å². The summed E-state index contributed by atoms with van der Waals surface area (Å²) >= 11 is 0. The number of hydrogen-bond donors (Lipinski definition) is 4. The highest BCUT2D eigenvalue weighted by Crippen LogP contribution is 2.27. The van der Waals surface area contributed by atoms with E-state index in [4.69, 9.17) is 0 Å². The molecule has 6 heterocycles. The Morgan fingerprint density at radius 2 is 1.05 bits per heavy atom. The predicted octanol–water partition coefficient (Wildman–Crippen LogP) is 4.47. The average Bonchev–Trinajstić information content (AvgIpc) is 3.58. The first-order valence-corrected chi connectivity index (χ1v) is 13.0. The first-order chi connectivity index (χ1) is 17.5. The van der Waals surface area contributed by atoms with Crippen LogP contribution >= 0.6 is 49.6 Å². The lowest BCUT2D eigenvalue weighted by atomic mass is 9.93. The standard InChI is InChI=1S/2C13H19N5.4ClH/c2*1-9-3-5-14-7-11(9)18(2)13-10-4-6-15-12(10)16-8-17-13;;;;/h2*4,6,8-9,11,14H,3,5,7H2,1-2H3,(H,15,16,17);4*1H/t2*9-,11+;;;;/m10..../s1. The molecule has 0 bridgehead atoms. The summed E-state index contributed by atoms with van der Waals surface area (Å²) in [6, 6.07) is 5.07. The monoisotopic (exact) mass is 634 g/mol. The molecule has 4 aromatic heterocycles. The fraction of sp³-hybridized carbons (Fsp3) is 0.538. The van der Waals surface area contributed by atoms with Crippen LogP contribution in [0.5, 0.6) is 0 Å². The van der Waals surface area contributed by atoms with Crippen molar-refractivity contribution in [3.8, 4) is 0 Å². The summed E-state index contributed by atoms with van der Waals surface area (Å²) in [5.74, 6) is 3.39. The molecule has 14 heteroatoms. The third-order valence-corrected chi connectivity index (χ3v) is 7.90. The Kier molecular flexibility index (Phi) is 14.7. The summed E-state index contributed by atoms with van der Waals surface area (Å²) in [5, 5.41) is 9.12. The molecule has 0 radical (unpaired) electrons. The molecule has 2 aliphatic rings. The number of piperidine rings is 2. The molecule has 2 saturated heterocycles. The van der Waals surface area contributed by atoms with Crippen molar-refractivity contribution in [2.45, 2.75) is 38.8 Å². The summed E-state index contributed by atoms with van der Waals surface area (Å²) in [4.78, 5) is 28.2. The number of nitrogens with zero attached hydrogens (tertiary/aromatic N) is 6. The van der Waals surface area contributed by atoms with Crippen molar-refractivity contribution in [2.24, 2.45) is 11.8 Å². The summed E-state index contributed by atoms with van der Waals surface area (Å²) < 4.78 is 0. The van der Waals surface area contributed by atoms with Gasteiger partial charge in [0.1, 0.15) is 35.6 Å². The fourth-order valence-corrected chi connectivity index (χ4v) is 5.58. The van der Waals surface area contributed by atoms with Crippen molar-refractivity contribution >= 4 is 83.3 Å². The Bertz CT molecular complexity index is 1190. The van der Waals surface area contributed by atoms with Crippen molar-refractivity contribution in [3.63, 3.8) is 0 Å². The molecule has 0 aromatic carbocycles. The molecule has 0 unspecified atom stereocenters. The molecule has 10 nitrogen and oxygen atoms in total. The minimum Gasteiger partial charge on any atom is -0.354 e. The van der Waals surface area contributed by atoms with Gasteiger partial charge in [0.25, 0.3) is 0 Å². The summed E-state index contributed by atoms with van der Waals surface area (Å²) in [7, 11) is 4.26. The zero-order chi connectivity index (χ0) is 25.1. The lowest BCUT2D eigenvalue weighted by molar-refractivity contribution is 0.337. The highest BCUT2D eigenvalue weighted by molar-refractivity contribution is 5.88. The number of fused-ring (bicyclic) bond motifs is 2. The lowest BCUT2D eigenvalue weighted by Crippen LogP contribution is -2.49. The van der Waals surface area contributed by atoms with Gasteiger partial charge in [-0.1, -0.05) is 13.8 Å². The largest absolute Gasteiger partial charge is 0.354 e. The van der Waals surface area contributed by atoms with E-state index in [9.17, 15) is 0 Å². The Labute approximate surface area is 260 Å². The maximum atomic E-state index is 4.46. The number of nitrogens with one attached hydrogen (secondary N) is 4. The van der Waals surface area contributed by atoms with Gasteiger partial charge in [-0.05, 0) is 49.9 Å². The van der Waals surface area contributed by atoms with Gasteiger partial charge in [0, 0.05) is 51.7 Å². The smallest absolute Gasteiger partial charge is 0.142 e. The number of aromatic nitrogens is 6. The Balaban J connectivity index is 0.000000364. The van der Waals surface area contributed by atoms with E-state index in [1.54, 1.807) is 12.7 Å². The Hall–Kier alpha value is -2.08. The van der Waals surface area contributed by atoms with Crippen molar-refractivity contribution in [2.75, 3.05) is 50.1 Å². The summed E-state index contributed by atoms with van der Waals surface area (Å²) in [5.41, 5.74) is 1.81. The van der Waals surface area contributed by atoms with Crippen LogP contribution in [0.4, 0.5) is 11.6 Å². The van der Waals surface area contributed by atoms with E-state index in [0.29, 0.717) is 23.9 Å². The zero-order valence-corrected chi connectivity index (χ0v) is 26.6. The van der Waals surface area contributed by atoms with Gasteiger partial charge in [-0.25, -0.2) is 19.9 Å². The minimum absolute atomic E-state index is 0. The molecule has 4 aromatic rings. The molecular weight excluding hydrogens is 594 g/mol. The molecule has 224 valence electrons. The van der Waals surface area contributed by atoms with E-state index in [2.05, 4.69) is 78.3 Å². The molecule has 2 aliphatic heterocycles.